The van der Waals surface area contributed by atoms with E-state index in [1.54, 1.807) is 36.4 Å². The second kappa shape index (κ2) is 12.0. The maximum absolute atomic E-state index is 14.7. The number of benzene rings is 1. The zero-order chi connectivity index (χ0) is 29.2. The van der Waals surface area contributed by atoms with Crippen LogP contribution in [0.5, 0.6) is 0 Å². The number of fused-ring (bicyclic) bond motifs is 1. The van der Waals surface area contributed by atoms with Crippen LogP contribution in [0.25, 0.3) is 0 Å². The molecule has 1 aromatic carbocycles. The molecule has 0 saturated carbocycles. The SMILES string of the molecule is C=CCCOC(=O)[C@@H]1[C@H]2C(=O)N([C@@H](CO)CC(C)C)C(C(=O)N(CC=C)c3ccccc3Cl)C23CC[C@@]1(CC)O3. The molecule has 0 radical (unpaired) electrons. The van der Waals surface area contributed by atoms with Crippen molar-refractivity contribution in [2.45, 2.75) is 76.2 Å². The number of esters is 1. The Hall–Kier alpha value is -2.68. The summed E-state index contributed by atoms with van der Waals surface area (Å²) >= 11 is 6.54. The molecule has 2 unspecified atom stereocenters. The Kier molecular flexibility index (Phi) is 9.12. The molecule has 3 aliphatic heterocycles. The summed E-state index contributed by atoms with van der Waals surface area (Å²) in [6.45, 7) is 13.5. The fraction of sp³-hybridized carbons (Fsp3) is 0.581. The van der Waals surface area contributed by atoms with Gasteiger partial charge in [0.05, 0.1) is 41.5 Å². The van der Waals surface area contributed by atoms with Crippen LogP contribution in [-0.4, -0.2) is 70.8 Å². The van der Waals surface area contributed by atoms with Crippen LogP contribution in [0.15, 0.2) is 49.6 Å². The topological polar surface area (TPSA) is 96.4 Å². The molecule has 2 bridgehead atoms. The minimum Gasteiger partial charge on any atom is -0.465 e. The Morgan fingerprint density at radius 1 is 1.27 bits per heavy atom. The molecule has 0 aromatic heterocycles. The van der Waals surface area contributed by atoms with Gasteiger partial charge < -0.3 is 24.4 Å². The summed E-state index contributed by atoms with van der Waals surface area (Å²) in [5, 5.41) is 10.9. The molecule has 6 atom stereocenters. The van der Waals surface area contributed by atoms with Crippen molar-refractivity contribution in [3.8, 4) is 0 Å². The monoisotopic (exact) mass is 572 g/mol. The minimum atomic E-state index is -1.24. The minimum absolute atomic E-state index is 0.144. The second-order valence-electron chi connectivity index (χ2n) is 11.5. The van der Waals surface area contributed by atoms with Crippen molar-refractivity contribution in [3.63, 3.8) is 0 Å². The highest BCUT2D eigenvalue weighted by molar-refractivity contribution is 6.34. The lowest BCUT2D eigenvalue weighted by atomic mass is 9.65. The highest BCUT2D eigenvalue weighted by atomic mass is 35.5. The number of aliphatic hydroxyl groups excluding tert-OH is 1. The predicted octanol–water partition coefficient (Wildman–Crippen LogP) is 4.54. The number of amides is 2. The van der Waals surface area contributed by atoms with E-state index < -0.39 is 41.1 Å². The number of hydrogen-bond donors (Lipinski definition) is 1. The predicted molar refractivity (Wildman–Crippen MR) is 154 cm³/mol. The molecule has 40 heavy (non-hydrogen) atoms. The Morgan fingerprint density at radius 2 is 2.00 bits per heavy atom. The summed E-state index contributed by atoms with van der Waals surface area (Å²) in [7, 11) is 0. The Balaban J connectivity index is 1.85. The fourth-order valence-corrected chi connectivity index (χ4v) is 7.33. The van der Waals surface area contributed by atoms with E-state index in [1.807, 2.05) is 20.8 Å². The van der Waals surface area contributed by atoms with Crippen molar-refractivity contribution in [2.24, 2.45) is 17.8 Å². The number of para-hydroxylation sites is 1. The van der Waals surface area contributed by atoms with Crippen LogP contribution < -0.4 is 4.90 Å². The van der Waals surface area contributed by atoms with Gasteiger partial charge in [0.2, 0.25) is 5.91 Å². The number of aliphatic hydroxyl groups is 1. The average molecular weight is 573 g/mol. The van der Waals surface area contributed by atoms with E-state index in [9.17, 15) is 19.5 Å². The standard InChI is InChI=1S/C31H41ClN2O6/c1-6-9-17-39-29(38)25-24-27(36)34(21(19-35)18-20(4)5)26(31(24)15-14-30(25,8-3)40-31)28(37)33(16-7-2)23-13-11-10-12-22(23)32/h6-7,10-13,20-21,24-26,35H,1-2,8-9,14-19H2,3-5H3/t21-,24+,25+,26?,30-,31?/m1/s1. The molecule has 1 spiro atoms. The fourth-order valence-electron chi connectivity index (χ4n) is 7.09. The van der Waals surface area contributed by atoms with Crippen LogP contribution in [0.4, 0.5) is 5.69 Å². The van der Waals surface area contributed by atoms with Gasteiger partial charge in [0, 0.05) is 6.54 Å². The van der Waals surface area contributed by atoms with Crippen molar-refractivity contribution < 1.29 is 29.0 Å². The van der Waals surface area contributed by atoms with Gasteiger partial charge in [-0.3, -0.25) is 14.4 Å². The van der Waals surface area contributed by atoms with Gasteiger partial charge in [0.25, 0.3) is 5.91 Å². The molecule has 8 nitrogen and oxygen atoms in total. The summed E-state index contributed by atoms with van der Waals surface area (Å²) < 4.78 is 12.4. The third-order valence-electron chi connectivity index (χ3n) is 8.74. The summed E-state index contributed by atoms with van der Waals surface area (Å²) in [6.07, 6.45) is 5.70. The van der Waals surface area contributed by atoms with Gasteiger partial charge in [-0.15, -0.1) is 13.2 Å². The number of halogens is 1. The molecule has 3 saturated heterocycles. The van der Waals surface area contributed by atoms with Gasteiger partial charge in [-0.2, -0.15) is 0 Å². The zero-order valence-corrected chi connectivity index (χ0v) is 24.4. The van der Waals surface area contributed by atoms with E-state index in [2.05, 4.69) is 13.2 Å². The van der Waals surface area contributed by atoms with Crippen LogP contribution in [0.2, 0.25) is 5.02 Å². The molecule has 1 aromatic rings. The van der Waals surface area contributed by atoms with Crippen molar-refractivity contribution in [1.29, 1.82) is 0 Å². The first-order valence-corrected chi connectivity index (χ1v) is 14.6. The van der Waals surface area contributed by atoms with Gasteiger partial charge >= 0.3 is 5.97 Å². The molecular formula is C31H41ClN2O6. The third-order valence-corrected chi connectivity index (χ3v) is 9.06. The van der Waals surface area contributed by atoms with E-state index in [1.165, 1.54) is 9.80 Å². The van der Waals surface area contributed by atoms with Crippen LogP contribution >= 0.6 is 11.6 Å². The summed E-state index contributed by atoms with van der Waals surface area (Å²) in [4.78, 5) is 45.7. The third kappa shape index (κ3) is 4.88. The molecule has 9 heteroatoms. The molecule has 2 amide bonds. The van der Waals surface area contributed by atoms with Crippen LogP contribution in [-0.2, 0) is 23.9 Å². The number of anilines is 1. The number of carbonyl (C=O) groups excluding carboxylic acids is 3. The van der Waals surface area contributed by atoms with E-state index in [-0.39, 0.29) is 37.5 Å². The highest BCUT2D eigenvalue weighted by Gasteiger charge is 2.79. The van der Waals surface area contributed by atoms with E-state index in [4.69, 9.17) is 21.1 Å². The summed E-state index contributed by atoms with van der Waals surface area (Å²) in [6, 6.07) is 5.33. The maximum Gasteiger partial charge on any atom is 0.312 e. The lowest BCUT2D eigenvalue weighted by Crippen LogP contribution is -2.59. The van der Waals surface area contributed by atoms with E-state index >= 15 is 0 Å². The maximum atomic E-state index is 14.7. The van der Waals surface area contributed by atoms with Gasteiger partial charge in [0.15, 0.2) is 0 Å². The van der Waals surface area contributed by atoms with E-state index in [0.717, 1.165) is 0 Å². The van der Waals surface area contributed by atoms with Gasteiger partial charge in [0.1, 0.15) is 17.6 Å². The molecular weight excluding hydrogens is 532 g/mol. The van der Waals surface area contributed by atoms with Crippen molar-refractivity contribution in [1.82, 2.24) is 4.90 Å². The van der Waals surface area contributed by atoms with Crippen molar-refractivity contribution in [2.75, 3.05) is 24.7 Å². The molecule has 4 rings (SSSR count). The Bertz CT molecular complexity index is 1160. The Morgan fingerprint density at radius 3 is 2.60 bits per heavy atom. The van der Waals surface area contributed by atoms with Crippen LogP contribution in [0.3, 0.4) is 0 Å². The average Bonchev–Trinajstić information content (AvgIpc) is 3.54. The van der Waals surface area contributed by atoms with E-state index in [0.29, 0.717) is 42.8 Å². The smallest absolute Gasteiger partial charge is 0.312 e. The lowest BCUT2D eigenvalue weighted by Gasteiger charge is -2.40. The summed E-state index contributed by atoms with van der Waals surface area (Å²) in [5.74, 6) is -2.82. The van der Waals surface area contributed by atoms with Crippen LogP contribution in [0.1, 0.15) is 52.9 Å². The number of carbonyl (C=O) groups is 3. The first-order valence-electron chi connectivity index (χ1n) is 14.2. The normalized spacial score (nSPS) is 29.4. The second-order valence-corrected chi connectivity index (χ2v) is 11.9. The molecule has 1 N–H and O–H groups in total. The van der Waals surface area contributed by atoms with Crippen LogP contribution in [0, 0.1) is 17.8 Å². The molecule has 0 aliphatic carbocycles. The lowest BCUT2D eigenvalue weighted by molar-refractivity contribution is -0.162. The molecule has 3 aliphatic rings. The van der Waals surface area contributed by atoms with Crippen molar-refractivity contribution >= 4 is 35.1 Å². The first kappa shape index (κ1) is 30.3. The van der Waals surface area contributed by atoms with Gasteiger partial charge in [-0.05, 0) is 50.2 Å². The number of rotatable bonds is 13. The zero-order valence-electron chi connectivity index (χ0n) is 23.7. The molecule has 3 fully saturated rings. The number of nitrogens with zero attached hydrogens (tertiary/aromatic N) is 2. The molecule has 218 valence electrons. The Labute approximate surface area is 241 Å². The largest absolute Gasteiger partial charge is 0.465 e. The van der Waals surface area contributed by atoms with Crippen molar-refractivity contribution in [3.05, 3.63) is 54.6 Å². The highest BCUT2D eigenvalue weighted by Crippen LogP contribution is 2.65. The van der Waals surface area contributed by atoms with Gasteiger partial charge in [-0.1, -0.05) is 56.7 Å². The molecule has 3 heterocycles. The first-order chi connectivity index (χ1) is 19.1. The summed E-state index contributed by atoms with van der Waals surface area (Å²) in [5.41, 5.74) is -1.66. The quantitative estimate of drug-likeness (QED) is 0.212. The number of ether oxygens (including phenoxy) is 2. The van der Waals surface area contributed by atoms with Gasteiger partial charge in [-0.25, -0.2) is 0 Å². The number of hydrogen-bond acceptors (Lipinski definition) is 6. The number of likely N-dealkylation sites (tertiary alicyclic amines) is 1.